The van der Waals surface area contributed by atoms with Crippen LogP contribution in [0.4, 0.5) is 0 Å². The number of aliphatic hydroxyl groups is 2. The van der Waals surface area contributed by atoms with E-state index >= 15 is 0 Å². The number of phosphoric acid groups is 1. The molecule has 11 heteroatoms. The highest BCUT2D eigenvalue weighted by Crippen LogP contribution is 2.43. The van der Waals surface area contributed by atoms with Gasteiger partial charge in [-0.2, -0.15) is 0 Å². The van der Waals surface area contributed by atoms with Gasteiger partial charge in [0, 0.05) is 12.8 Å². The van der Waals surface area contributed by atoms with Gasteiger partial charge < -0.3 is 24.6 Å². The van der Waals surface area contributed by atoms with Crippen LogP contribution in [0.3, 0.4) is 0 Å². The second-order valence-electron chi connectivity index (χ2n) is 17.8. The molecule has 0 bridgehead atoms. The zero-order valence-electron chi connectivity index (χ0n) is 41.7. The molecule has 0 saturated heterocycles. The second kappa shape index (κ2) is 49.8. The Morgan fingerprint density at radius 1 is 0.431 bits per heavy atom. The predicted molar refractivity (Wildman–Crippen MR) is 270 cm³/mol. The topological polar surface area (TPSA) is 149 Å². The maximum Gasteiger partial charge on any atom is 0.472 e. The van der Waals surface area contributed by atoms with E-state index in [-0.39, 0.29) is 12.8 Å². The molecule has 10 nitrogen and oxygen atoms in total. The number of ether oxygens (including phenoxy) is 2. The lowest BCUT2D eigenvalue weighted by atomic mass is 10.0. The summed E-state index contributed by atoms with van der Waals surface area (Å²) in [7, 11) is -4.64. The Hall–Kier alpha value is -2.07. The predicted octanol–water partition coefficient (Wildman–Crippen LogP) is 15.2. The number of esters is 2. The van der Waals surface area contributed by atoms with Crippen LogP contribution in [0, 0.1) is 0 Å². The van der Waals surface area contributed by atoms with Crippen molar-refractivity contribution >= 4 is 19.8 Å². The molecule has 0 aliphatic carbocycles. The van der Waals surface area contributed by atoms with Gasteiger partial charge >= 0.3 is 19.8 Å². The lowest BCUT2D eigenvalue weighted by Gasteiger charge is -2.20. The average molecular weight is 939 g/mol. The molecule has 65 heavy (non-hydrogen) atoms. The quantitative estimate of drug-likeness (QED) is 0.0233. The number of hydrogen-bond donors (Lipinski definition) is 3. The smallest absolute Gasteiger partial charge is 0.457 e. The highest BCUT2D eigenvalue weighted by atomic mass is 31.2. The van der Waals surface area contributed by atoms with Gasteiger partial charge in [-0.1, -0.05) is 229 Å². The van der Waals surface area contributed by atoms with E-state index in [0.717, 1.165) is 70.6 Å². The van der Waals surface area contributed by atoms with Crippen molar-refractivity contribution in [3.63, 3.8) is 0 Å². The fraction of sp³-hybridized carbons (Fsp3) is 0.815. The maximum atomic E-state index is 12.4. The van der Waals surface area contributed by atoms with Gasteiger partial charge in [0.15, 0.2) is 0 Å². The van der Waals surface area contributed by atoms with E-state index in [4.69, 9.17) is 18.5 Å². The fourth-order valence-electron chi connectivity index (χ4n) is 7.52. The van der Waals surface area contributed by atoms with E-state index in [0.29, 0.717) is 12.8 Å². The van der Waals surface area contributed by atoms with Crippen molar-refractivity contribution in [1.82, 2.24) is 0 Å². The van der Waals surface area contributed by atoms with E-state index in [2.05, 4.69) is 62.5 Å². The minimum atomic E-state index is -4.64. The maximum absolute atomic E-state index is 12.4. The molecule has 3 atom stereocenters. The van der Waals surface area contributed by atoms with E-state index in [1.807, 2.05) is 0 Å². The molecule has 3 unspecified atom stereocenters. The van der Waals surface area contributed by atoms with Gasteiger partial charge in [-0.15, -0.1) is 0 Å². The number of phosphoric ester groups is 1. The lowest BCUT2D eigenvalue weighted by molar-refractivity contribution is -0.153. The van der Waals surface area contributed by atoms with Gasteiger partial charge in [0.2, 0.25) is 0 Å². The van der Waals surface area contributed by atoms with Gasteiger partial charge in [-0.05, 0) is 51.4 Å². The summed E-state index contributed by atoms with van der Waals surface area (Å²) in [5, 5.41) is 19.3. The summed E-state index contributed by atoms with van der Waals surface area (Å²) in [6.07, 6.45) is 56.6. The van der Waals surface area contributed by atoms with Crippen LogP contribution in [0.1, 0.15) is 245 Å². The molecular weight excluding hydrogens is 840 g/mol. The third kappa shape index (κ3) is 48.2. The molecule has 0 aromatic rings. The Kier molecular flexibility index (Phi) is 48.2. The number of aliphatic hydroxyl groups excluding tert-OH is 2. The van der Waals surface area contributed by atoms with Gasteiger partial charge in [0.25, 0.3) is 0 Å². The van der Waals surface area contributed by atoms with Crippen LogP contribution in [0.25, 0.3) is 0 Å². The Morgan fingerprint density at radius 2 is 0.723 bits per heavy atom. The van der Waals surface area contributed by atoms with Crippen molar-refractivity contribution in [3.05, 3.63) is 48.6 Å². The molecule has 0 saturated carbocycles. The van der Waals surface area contributed by atoms with E-state index in [1.165, 1.54) is 135 Å². The van der Waals surface area contributed by atoms with E-state index < -0.39 is 58.4 Å². The highest BCUT2D eigenvalue weighted by Gasteiger charge is 2.27. The Bertz CT molecular complexity index is 1220. The van der Waals surface area contributed by atoms with E-state index in [9.17, 15) is 29.3 Å². The number of allylic oxidation sites excluding steroid dienone is 8. The average Bonchev–Trinajstić information content (AvgIpc) is 3.30. The largest absolute Gasteiger partial charge is 0.472 e. The van der Waals surface area contributed by atoms with Crippen molar-refractivity contribution in [3.8, 4) is 0 Å². The summed E-state index contributed by atoms with van der Waals surface area (Å²) in [4.78, 5) is 34.7. The van der Waals surface area contributed by atoms with Crippen LogP contribution in [0.2, 0.25) is 0 Å². The molecule has 0 heterocycles. The van der Waals surface area contributed by atoms with Crippen LogP contribution in [-0.2, 0) is 32.7 Å². The monoisotopic (exact) mass is 939 g/mol. The Morgan fingerprint density at radius 3 is 1.05 bits per heavy atom. The lowest BCUT2D eigenvalue weighted by Crippen LogP contribution is -2.28. The van der Waals surface area contributed by atoms with E-state index in [1.54, 1.807) is 0 Å². The molecule has 0 aliphatic rings. The number of hydrogen-bond acceptors (Lipinski definition) is 9. The molecule has 3 N–H and O–H groups in total. The standard InChI is InChI=1S/C54H99O10P/c1-3-5-7-9-11-13-15-17-19-21-23-24-25-26-28-30-32-34-36-38-40-42-44-46-54(58)64-52(48-56)50-62-65(59,60)61-49-51(47-55)63-53(57)45-43-41-39-37-35-33-31-29-27-22-20-18-16-14-12-10-8-6-4-2/h5,7,11,13,17,19,23-24,51-52,55-56H,3-4,6,8-10,12,14-16,18,20-22,25-50H2,1-2H3,(H,59,60)/b7-5-,13-11-,19-17-,24-23-. The van der Waals surface area contributed by atoms with Crippen LogP contribution >= 0.6 is 7.82 Å². The molecular formula is C54H99O10P. The third-order valence-corrected chi connectivity index (χ3v) is 12.5. The molecule has 0 aliphatic heterocycles. The summed E-state index contributed by atoms with van der Waals surface area (Å²) < 4.78 is 32.8. The molecule has 380 valence electrons. The minimum Gasteiger partial charge on any atom is -0.457 e. The minimum absolute atomic E-state index is 0.187. The molecule has 0 radical (unpaired) electrons. The first kappa shape index (κ1) is 62.9. The molecule has 0 aromatic carbocycles. The first-order valence-corrected chi connectivity index (χ1v) is 28.1. The zero-order valence-corrected chi connectivity index (χ0v) is 42.6. The Labute approximate surface area is 398 Å². The Balaban J connectivity index is 3.81. The summed E-state index contributed by atoms with van der Waals surface area (Å²) in [5.41, 5.74) is 0. The summed E-state index contributed by atoms with van der Waals surface area (Å²) >= 11 is 0. The molecule has 0 rings (SSSR count). The number of carbonyl (C=O) groups excluding carboxylic acids is 2. The number of carbonyl (C=O) groups is 2. The highest BCUT2D eigenvalue weighted by molar-refractivity contribution is 7.47. The SMILES string of the molecule is CC/C=C\C/C=C\C/C=C\C/C=C\CCCCCCCCCCCCC(=O)OC(CO)COP(=O)(O)OCC(CO)OC(=O)CCCCCCCCCCCCCCCCCCCCC. The second-order valence-corrected chi connectivity index (χ2v) is 19.3. The van der Waals surface area contributed by atoms with Crippen molar-refractivity contribution in [2.75, 3.05) is 26.4 Å². The van der Waals surface area contributed by atoms with Crippen LogP contribution in [0.5, 0.6) is 0 Å². The first-order valence-electron chi connectivity index (χ1n) is 26.6. The zero-order chi connectivity index (χ0) is 47.6. The van der Waals surface area contributed by atoms with Crippen LogP contribution < -0.4 is 0 Å². The summed E-state index contributed by atoms with van der Waals surface area (Å²) in [5.74, 6) is -1.01. The number of unbranched alkanes of at least 4 members (excludes halogenated alkanes) is 28. The normalized spacial score (nSPS) is 14.0. The van der Waals surface area contributed by atoms with Crippen molar-refractivity contribution in [2.24, 2.45) is 0 Å². The van der Waals surface area contributed by atoms with Gasteiger partial charge in [0.05, 0.1) is 26.4 Å². The molecule has 0 spiro atoms. The first-order chi connectivity index (χ1) is 31.8. The van der Waals surface area contributed by atoms with Gasteiger partial charge in [0.1, 0.15) is 12.2 Å². The van der Waals surface area contributed by atoms with Gasteiger partial charge in [-0.3, -0.25) is 18.6 Å². The summed E-state index contributed by atoms with van der Waals surface area (Å²) in [6.45, 7) is 2.14. The fourth-order valence-corrected chi connectivity index (χ4v) is 8.30. The number of rotatable bonds is 50. The van der Waals surface area contributed by atoms with Crippen LogP contribution in [0.15, 0.2) is 48.6 Å². The third-order valence-electron chi connectivity index (χ3n) is 11.6. The van der Waals surface area contributed by atoms with Crippen LogP contribution in [-0.4, -0.2) is 65.7 Å². The van der Waals surface area contributed by atoms with Crippen molar-refractivity contribution < 1.29 is 47.8 Å². The van der Waals surface area contributed by atoms with Crippen molar-refractivity contribution in [2.45, 2.75) is 257 Å². The summed E-state index contributed by atoms with van der Waals surface area (Å²) in [6, 6.07) is 0. The molecule has 0 fully saturated rings. The molecule has 0 amide bonds. The van der Waals surface area contributed by atoms with Crippen molar-refractivity contribution in [1.29, 1.82) is 0 Å². The van der Waals surface area contributed by atoms with Gasteiger partial charge in [-0.25, -0.2) is 4.57 Å². The molecule has 0 aromatic heterocycles.